The number of nitrogens with zero attached hydrogens (tertiary/aromatic N) is 2. The summed E-state index contributed by atoms with van der Waals surface area (Å²) in [5.74, 6) is 0. The molecule has 3 aromatic rings. The predicted octanol–water partition coefficient (Wildman–Crippen LogP) is 2.39. The van der Waals surface area contributed by atoms with Crippen LogP contribution in [0.2, 0.25) is 0 Å². The molecule has 6 heteroatoms. The van der Waals surface area contributed by atoms with Crippen LogP contribution in [0.5, 0.6) is 0 Å². The van der Waals surface area contributed by atoms with E-state index in [4.69, 9.17) is 0 Å². The van der Waals surface area contributed by atoms with Crippen LogP contribution in [-0.4, -0.2) is 25.7 Å². The SMILES string of the molecule is CN(c1cccc2ccccc12)S(=O)(=O)c1cn[nH]c1. The Bertz CT molecular complexity index is 836. The quantitative estimate of drug-likeness (QED) is 0.804. The standard InChI is InChI=1S/C14H13N3O2S/c1-17(20(18,19)12-9-15-16-10-12)14-8-4-6-11-5-2-3-7-13(11)14/h2-10H,1H3,(H,15,16). The second-order valence-corrected chi connectivity index (χ2v) is 6.37. The molecule has 0 spiro atoms. The van der Waals surface area contributed by atoms with Gasteiger partial charge in [0.05, 0.1) is 11.9 Å². The monoisotopic (exact) mass is 287 g/mol. The summed E-state index contributed by atoms with van der Waals surface area (Å²) in [4.78, 5) is 0.146. The number of sulfonamides is 1. The fraction of sp³-hybridized carbons (Fsp3) is 0.0714. The number of benzene rings is 2. The number of aromatic nitrogens is 2. The average molecular weight is 287 g/mol. The summed E-state index contributed by atoms with van der Waals surface area (Å²) < 4.78 is 26.3. The molecule has 0 aliphatic heterocycles. The highest BCUT2D eigenvalue weighted by atomic mass is 32.2. The van der Waals surface area contributed by atoms with Crippen molar-refractivity contribution in [2.45, 2.75) is 4.90 Å². The molecule has 102 valence electrons. The largest absolute Gasteiger partial charge is 0.284 e. The van der Waals surface area contributed by atoms with Crippen LogP contribution in [0.15, 0.2) is 59.8 Å². The van der Waals surface area contributed by atoms with Crippen molar-refractivity contribution in [3.8, 4) is 0 Å². The van der Waals surface area contributed by atoms with Crippen LogP contribution < -0.4 is 4.31 Å². The Labute approximate surface area is 116 Å². The van der Waals surface area contributed by atoms with E-state index in [0.29, 0.717) is 5.69 Å². The molecule has 5 nitrogen and oxygen atoms in total. The summed E-state index contributed by atoms with van der Waals surface area (Å²) in [6.45, 7) is 0. The first-order valence-corrected chi connectivity index (χ1v) is 7.50. The van der Waals surface area contributed by atoms with Crippen LogP contribution in [0, 0.1) is 0 Å². The molecule has 0 aliphatic rings. The third kappa shape index (κ3) is 1.94. The number of anilines is 1. The first kappa shape index (κ1) is 12.7. The smallest absolute Gasteiger partial charge is 0.267 e. The molecule has 0 aliphatic carbocycles. The van der Waals surface area contributed by atoms with Gasteiger partial charge in [-0.2, -0.15) is 5.10 Å². The molecule has 3 rings (SSSR count). The number of aromatic amines is 1. The van der Waals surface area contributed by atoms with Crippen molar-refractivity contribution in [3.05, 3.63) is 54.9 Å². The van der Waals surface area contributed by atoms with Crippen LogP contribution in [0.1, 0.15) is 0 Å². The highest BCUT2D eigenvalue weighted by molar-refractivity contribution is 7.92. The summed E-state index contributed by atoms with van der Waals surface area (Å²) in [5, 5.41) is 8.11. The maximum atomic E-state index is 12.5. The Morgan fingerprint density at radius 1 is 1.10 bits per heavy atom. The molecule has 0 radical (unpaired) electrons. The van der Waals surface area contributed by atoms with Gasteiger partial charge in [-0.25, -0.2) is 8.42 Å². The van der Waals surface area contributed by atoms with Gasteiger partial charge in [0.25, 0.3) is 10.0 Å². The van der Waals surface area contributed by atoms with E-state index >= 15 is 0 Å². The molecule has 0 fully saturated rings. The molecule has 0 amide bonds. The van der Waals surface area contributed by atoms with E-state index in [9.17, 15) is 8.42 Å². The molecule has 0 unspecified atom stereocenters. The molecule has 0 saturated heterocycles. The number of fused-ring (bicyclic) bond motifs is 1. The topological polar surface area (TPSA) is 66.1 Å². The lowest BCUT2D eigenvalue weighted by molar-refractivity contribution is 0.594. The van der Waals surface area contributed by atoms with Crippen molar-refractivity contribution in [1.29, 1.82) is 0 Å². The minimum absolute atomic E-state index is 0.146. The first-order chi connectivity index (χ1) is 9.60. The molecule has 1 heterocycles. The van der Waals surface area contributed by atoms with Gasteiger partial charge in [-0.1, -0.05) is 36.4 Å². The number of hydrogen-bond acceptors (Lipinski definition) is 3. The second-order valence-electron chi connectivity index (χ2n) is 4.40. The average Bonchev–Trinajstić information content (AvgIpc) is 3.01. The van der Waals surface area contributed by atoms with Crippen molar-refractivity contribution in [3.63, 3.8) is 0 Å². The van der Waals surface area contributed by atoms with Gasteiger partial charge in [0.2, 0.25) is 0 Å². The van der Waals surface area contributed by atoms with Gasteiger partial charge in [-0.15, -0.1) is 0 Å². The minimum atomic E-state index is -3.60. The third-order valence-electron chi connectivity index (χ3n) is 3.24. The summed E-state index contributed by atoms with van der Waals surface area (Å²) in [6.07, 6.45) is 2.67. The van der Waals surface area contributed by atoms with Crippen LogP contribution in [0.4, 0.5) is 5.69 Å². The molecule has 20 heavy (non-hydrogen) atoms. The van der Waals surface area contributed by atoms with E-state index in [1.165, 1.54) is 16.7 Å². The highest BCUT2D eigenvalue weighted by Crippen LogP contribution is 2.29. The maximum absolute atomic E-state index is 12.5. The highest BCUT2D eigenvalue weighted by Gasteiger charge is 2.23. The number of H-pyrrole nitrogens is 1. The fourth-order valence-corrected chi connectivity index (χ4v) is 3.27. The molecule has 2 aromatic carbocycles. The van der Waals surface area contributed by atoms with E-state index in [1.807, 2.05) is 36.4 Å². The van der Waals surface area contributed by atoms with Gasteiger partial charge < -0.3 is 0 Å². The van der Waals surface area contributed by atoms with Crippen LogP contribution >= 0.6 is 0 Å². The van der Waals surface area contributed by atoms with E-state index < -0.39 is 10.0 Å². The third-order valence-corrected chi connectivity index (χ3v) is 4.97. The molecule has 0 atom stereocenters. The molecule has 0 saturated carbocycles. The molecule has 1 N–H and O–H groups in total. The zero-order valence-corrected chi connectivity index (χ0v) is 11.6. The van der Waals surface area contributed by atoms with Crippen LogP contribution in [0.25, 0.3) is 10.8 Å². The van der Waals surface area contributed by atoms with Crippen molar-refractivity contribution in [2.75, 3.05) is 11.4 Å². The maximum Gasteiger partial charge on any atom is 0.267 e. The van der Waals surface area contributed by atoms with E-state index in [0.717, 1.165) is 10.8 Å². The van der Waals surface area contributed by atoms with Gasteiger partial charge in [-0.3, -0.25) is 9.40 Å². The predicted molar refractivity (Wildman–Crippen MR) is 78.1 cm³/mol. The Morgan fingerprint density at radius 2 is 1.85 bits per heavy atom. The fourth-order valence-electron chi connectivity index (χ4n) is 2.15. The lowest BCUT2D eigenvalue weighted by Gasteiger charge is -2.20. The zero-order chi connectivity index (χ0) is 14.2. The molecular weight excluding hydrogens is 274 g/mol. The lowest BCUT2D eigenvalue weighted by Crippen LogP contribution is -2.26. The van der Waals surface area contributed by atoms with Crippen molar-refractivity contribution >= 4 is 26.5 Å². The second kappa shape index (κ2) is 4.64. The lowest BCUT2D eigenvalue weighted by atomic mass is 10.1. The van der Waals surface area contributed by atoms with Crippen molar-refractivity contribution in [1.82, 2.24) is 10.2 Å². The molecular formula is C14H13N3O2S. The number of hydrogen-bond donors (Lipinski definition) is 1. The number of nitrogens with one attached hydrogen (secondary N) is 1. The van der Waals surface area contributed by atoms with Gasteiger partial charge >= 0.3 is 0 Å². The van der Waals surface area contributed by atoms with Gasteiger partial charge in [-0.05, 0) is 11.5 Å². The normalized spacial score (nSPS) is 11.7. The minimum Gasteiger partial charge on any atom is -0.284 e. The van der Waals surface area contributed by atoms with Crippen molar-refractivity contribution in [2.24, 2.45) is 0 Å². The summed E-state index contributed by atoms with van der Waals surface area (Å²) in [6, 6.07) is 13.3. The molecule has 1 aromatic heterocycles. The number of rotatable bonds is 3. The summed E-state index contributed by atoms with van der Waals surface area (Å²) in [7, 11) is -2.05. The Balaban J connectivity index is 2.17. The van der Waals surface area contributed by atoms with E-state index in [2.05, 4.69) is 10.2 Å². The molecule has 0 bridgehead atoms. The summed E-state index contributed by atoms with van der Waals surface area (Å²) in [5.41, 5.74) is 0.643. The van der Waals surface area contributed by atoms with E-state index in [-0.39, 0.29) is 4.90 Å². The van der Waals surface area contributed by atoms with Crippen molar-refractivity contribution < 1.29 is 8.42 Å². The Morgan fingerprint density at radius 3 is 2.60 bits per heavy atom. The first-order valence-electron chi connectivity index (χ1n) is 6.06. The van der Waals surface area contributed by atoms with E-state index in [1.54, 1.807) is 13.1 Å². The van der Waals surface area contributed by atoms with Gasteiger partial charge in [0.15, 0.2) is 0 Å². The van der Waals surface area contributed by atoms with Gasteiger partial charge in [0.1, 0.15) is 4.90 Å². The van der Waals surface area contributed by atoms with Crippen LogP contribution in [0.3, 0.4) is 0 Å². The Hall–Kier alpha value is -2.34. The summed E-state index contributed by atoms with van der Waals surface area (Å²) >= 11 is 0. The van der Waals surface area contributed by atoms with Crippen LogP contribution in [-0.2, 0) is 10.0 Å². The Kier molecular flexibility index (Phi) is 2.94. The van der Waals surface area contributed by atoms with Gasteiger partial charge in [0, 0.05) is 18.6 Å². The zero-order valence-electron chi connectivity index (χ0n) is 10.8.